The Labute approximate surface area is 281 Å². The first-order chi connectivity index (χ1) is 23.8. The second-order valence-electron chi connectivity index (χ2n) is 12.0. The van der Waals surface area contributed by atoms with Crippen LogP contribution in [0.2, 0.25) is 0 Å². The van der Waals surface area contributed by atoms with Crippen LogP contribution >= 0.6 is 0 Å². The summed E-state index contributed by atoms with van der Waals surface area (Å²) in [6.45, 7) is 1.99. The Hall–Kier alpha value is -4.74. The highest BCUT2D eigenvalue weighted by atomic mass is 19.3. The molecule has 5 rings (SSSR count). The molecule has 4 aromatic carbocycles. The van der Waals surface area contributed by atoms with Crippen molar-refractivity contribution in [2.24, 2.45) is 5.92 Å². The summed E-state index contributed by atoms with van der Waals surface area (Å²) in [6, 6.07) is 9.27. The maximum atomic E-state index is 15.3. The Balaban J connectivity index is 1.32. The van der Waals surface area contributed by atoms with E-state index in [0.29, 0.717) is 18.1 Å². The van der Waals surface area contributed by atoms with Crippen LogP contribution in [0.1, 0.15) is 62.5 Å². The van der Waals surface area contributed by atoms with Gasteiger partial charge >= 0.3 is 12.2 Å². The largest absolute Gasteiger partial charge is 0.453 e. The number of hydrogen-bond donors (Lipinski definition) is 0. The smallest absolute Gasteiger partial charge is 0.432 e. The fraction of sp³-hybridized carbons (Fsp3) is 0.263. The van der Waals surface area contributed by atoms with Crippen LogP contribution in [0.3, 0.4) is 0 Å². The summed E-state index contributed by atoms with van der Waals surface area (Å²) in [5.41, 5.74) is -1.72. The number of halogens is 10. The third-order valence-electron chi connectivity index (χ3n) is 8.70. The molecule has 0 radical (unpaired) electrons. The van der Waals surface area contributed by atoms with E-state index in [1.54, 1.807) is 12.1 Å². The van der Waals surface area contributed by atoms with Crippen molar-refractivity contribution in [1.82, 2.24) is 0 Å². The first-order valence-corrected chi connectivity index (χ1v) is 15.7. The molecule has 0 heterocycles. The summed E-state index contributed by atoms with van der Waals surface area (Å²) in [7, 11) is 0. The molecule has 264 valence electrons. The molecule has 1 saturated carbocycles. The normalized spacial score (nSPS) is 16.5. The zero-order valence-corrected chi connectivity index (χ0v) is 26.5. The van der Waals surface area contributed by atoms with Crippen LogP contribution in [0.4, 0.5) is 43.9 Å². The molecule has 0 amide bonds. The van der Waals surface area contributed by atoms with Crippen LogP contribution in [-0.2, 0) is 6.11 Å². The highest BCUT2D eigenvalue weighted by molar-refractivity contribution is 5.72. The zero-order chi connectivity index (χ0) is 36.2. The quantitative estimate of drug-likeness (QED) is 0.0877. The molecular weight excluding hydrogens is 678 g/mol. The van der Waals surface area contributed by atoms with Crippen molar-refractivity contribution in [2.45, 2.75) is 57.5 Å². The van der Waals surface area contributed by atoms with Crippen molar-refractivity contribution in [3.63, 3.8) is 0 Å². The standard InChI is InChI=1S/C38H30F10O2/c1-2-3-4-5-21-6-8-22(9-7-21)23-10-12-27(29(39)14-23)24-11-13-28(30(40)15-24)25-16-31(41)36(32(42)17-25)38(47,48)50-26-18-33(43)37(34(44)19-26)49-20-35(45)46/h2-3,10-22H,4-9H2,1H3/b3-2+. The topological polar surface area (TPSA) is 18.5 Å². The Morgan fingerprint density at radius 3 is 1.88 bits per heavy atom. The van der Waals surface area contributed by atoms with Gasteiger partial charge < -0.3 is 9.47 Å². The van der Waals surface area contributed by atoms with Gasteiger partial charge in [0.05, 0.1) is 0 Å². The molecule has 0 unspecified atom stereocenters. The molecule has 50 heavy (non-hydrogen) atoms. The second-order valence-corrected chi connectivity index (χ2v) is 12.0. The Morgan fingerprint density at radius 1 is 0.720 bits per heavy atom. The van der Waals surface area contributed by atoms with E-state index in [0.717, 1.165) is 56.2 Å². The van der Waals surface area contributed by atoms with Crippen molar-refractivity contribution in [3.8, 4) is 33.8 Å². The second kappa shape index (κ2) is 15.4. The van der Waals surface area contributed by atoms with Crippen LogP contribution < -0.4 is 9.47 Å². The van der Waals surface area contributed by atoms with E-state index in [9.17, 15) is 35.1 Å². The molecule has 0 aromatic heterocycles. The molecule has 0 aliphatic heterocycles. The van der Waals surface area contributed by atoms with Gasteiger partial charge in [0, 0.05) is 23.3 Å². The summed E-state index contributed by atoms with van der Waals surface area (Å²) in [5, 5.41) is 0. The van der Waals surface area contributed by atoms with Gasteiger partial charge in [-0.1, -0.05) is 36.4 Å². The Kier molecular flexibility index (Phi) is 11.3. The van der Waals surface area contributed by atoms with Gasteiger partial charge in [-0.3, -0.25) is 0 Å². The minimum absolute atomic E-state index is 0.0993. The average molecular weight is 709 g/mol. The molecule has 0 atom stereocenters. The van der Waals surface area contributed by atoms with E-state index in [1.165, 1.54) is 12.1 Å². The summed E-state index contributed by atoms with van der Waals surface area (Å²) in [4.78, 5) is 0. The van der Waals surface area contributed by atoms with Crippen LogP contribution in [0.25, 0.3) is 22.3 Å². The first-order valence-electron chi connectivity index (χ1n) is 15.7. The minimum Gasteiger partial charge on any atom is -0.453 e. The van der Waals surface area contributed by atoms with E-state index in [-0.39, 0.29) is 41.0 Å². The molecule has 0 saturated heterocycles. The lowest BCUT2D eigenvalue weighted by atomic mass is 9.77. The van der Waals surface area contributed by atoms with Gasteiger partial charge in [0.25, 0.3) is 0 Å². The van der Waals surface area contributed by atoms with Crippen molar-refractivity contribution < 1.29 is 53.4 Å². The van der Waals surface area contributed by atoms with Gasteiger partial charge in [-0.05, 0) is 98.2 Å². The van der Waals surface area contributed by atoms with Gasteiger partial charge in [-0.25, -0.2) is 26.3 Å². The third-order valence-corrected chi connectivity index (χ3v) is 8.70. The van der Waals surface area contributed by atoms with E-state index < -0.39 is 69.7 Å². The molecule has 1 fully saturated rings. The van der Waals surface area contributed by atoms with Crippen LogP contribution in [0.15, 0.2) is 85.2 Å². The maximum Gasteiger partial charge on any atom is 0.432 e. The zero-order valence-electron chi connectivity index (χ0n) is 26.5. The molecule has 0 spiro atoms. The molecule has 1 aliphatic carbocycles. The van der Waals surface area contributed by atoms with Gasteiger partial charge in [0.15, 0.2) is 23.6 Å². The summed E-state index contributed by atoms with van der Waals surface area (Å²) < 4.78 is 151. The van der Waals surface area contributed by atoms with Gasteiger partial charge in [0.1, 0.15) is 34.6 Å². The van der Waals surface area contributed by atoms with Gasteiger partial charge in [-0.2, -0.15) is 17.6 Å². The fourth-order valence-electron chi connectivity index (χ4n) is 6.24. The summed E-state index contributed by atoms with van der Waals surface area (Å²) in [5.74, 6) is -10.6. The number of hydrogen-bond acceptors (Lipinski definition) is 2. The highest BCUT2D eigenvalue weighted by Gasteiger charge is 2.42. The number of ether oxygens (including phenoxy) is 2. The number of benzene rings is 4. The maximum absolute atomic E-state index is 15.3. The fourth-order valence-corrected chi connectivity index (χ4v) is 6.24. The van der Waals surface area contributed by atoms with Crippen LogP contribution in [-0.4, -0.2) is 0 Å². The number of allylic oxidation sites excluding steroid dienone is 2. The molecule has 2 nitrogen and oxygen atoms in total. The summed E-state index contributed by atoms with van der Waals surface area (Å²) >= 11 is 0. The van der Waals surface area contributed by atoms with Crippen molar-refractivity contribution >= 4 is 0 Å². The summed E-state index contributed by atoms with van der Waals surface area (Å²) in [6.07, 6.45) is 2.76. The van der Waals surface area contributed by atoms with Gasteiger partial charge in [0.2, 0.25) is 0 Å². The lowest BCUT2D eigenvalue weighted by Gasteiger charge is -2.28. The molecule has 12 heteroatoms. The van der Waals surface area contributed by atoms with Crippen molar-refractivity contribution in [1.29, 1.82) is 0 Å². The minimum atomic E-state index is -4.85. The lowest BCUT2D eigenvalue weighted by Crippen LogP contribution is -2.25. The van der Waals surface area contributed by atoms with E-state index in [1.807, 2.05) is 13.0 Å². The molecular formula is C38H30F10O2. The van der Waals surface area contributed by atoms with Crippen LogP contribution in [0.5, 0.6) is 11.5 Å². The Bertz CT molecular complexity index is 1860. The van der Waals surface area contributed by atoms with E-state index in [2.05, 4.69) is 15.5 Å². The molecule has 1 aliphatic rings. The van der Waals surface area contributed by atoms with Crippen LogP contribution in [0, 0.1) is 40.8 Å². The van der Waals surface area contributed by atoms with E-state index in [4.69, 9.17) is 0 Å². The lowest BCUT2D eigenvalue weighted by molar-refractivity contribution is -0.189. The van der Waals surface area contributed by atoms with Gasteiger partial charge in [-0.15, -0.1) is 0 Å². The van der Waals surface area contributed by atoms with Crippen molar-refractivity contribution in [3.05, 3.63) is 131 Å². The average Bonchev–Trinajstić information content (AvgIpc) is 3.04. The monoisotopic (exact) mass is 708 g/mol. The molecule has 0 bridgehead atoms. The Morgan fingerprint density at radius 2 is 1.30 bits per heavy atom. The number of rotatable bonds is 11. The molecule has 4 aromatic rings. The predicted molar refractivity (Wildman–Crippen MR) is 168 cm³/mol. The predicted octanol–water partition coefficient (Wildman–Crippen LogP) is 12.7. The SMILES string of the molecule is C/C=C/CCC1CCC(c2ccc(-c3ccc(-c4cc(F)c(C(F)(F)Oc5cc(F)c(OC=C(F)F)c(F)c5)c(F)c4)c(F)c3)c(F)c2)CC1. The third kappa shape index (κ3) is 8.34. The molecule has 0 N–H and O–H groups in total. The van der Waals surface area contributed by atoms with E-state index >= 15 is 8.78 Å². The van der Waals surface area contributed by atoms with Crippen molar-refractivity contribution in [2.75, 3.05) is 0 Å². The first kappa shape index (κ1) is 36.5. The highest BCUT2D eigenvalue weighted by Crippen LogP contribution is 2.41. The number of alkyl halides is 2.